The third-order valence-corrected chi connectivity index (χ3v) is 2.86. The van der Waals surface area contributed by atoms with Crippen LogP contribution in [0.4, 0.5) is 0 Å². The smallest absolute Gasteiger partial charge is 0.0659 e. The Labute approximate surface area is 86.3 Å². The third kappa shape index (κ3) is 3.20. The van der Waals surface area contributed by atoms with Crippen LogP contribution in [0.2, 0.25) is 0 Å². The molecule has 1 saturated heterocycles. The first kappa shape index (κ1) is 11.9. The molecule has 4 nitrogen and oxygen atoms in total. The summed E-state index contributed by atoms with van der Waals surface area (Å²) in [6, 6.07) is 0.404. The van der Waals surface area contributed by atoms with Crippen molar-refractivity contribution in [2.75, 3.05) is 40.5 Å². The maximum Gasteiger partial charge on any atom is 0.0659 e. The largest absolute Gasteiger partial charge is 0.383 e. The minimum atomic E-state index is -0.156. The Balaban J connectivity index is 2.34. The molecule has 2 atom stereocenters. The summed E-state index contributed by atoms with van der Waals surface area (Å²) in [5, 5.41) is 0. The topological polar surface area (TPSA) is 47.7 Å². The number of ether oxygens (including phenoxy) is 2. The van der Waals surface area contributed by atoms with Crippen LogP contribution in [0, 0.1) is 0 Å². The molecule has 1 rings (SSSR count). The minimum Gasteiger partial charge on any atom is -0.383 e. The first-order valence-corrected chi connectivity index (χ1v) is 5.13. The SMILES string of the molecule is COCC(C)N(C)CC1(N)CCOC1. The van der Waals surface area contributed by atoms with E-state index in [1.165, 1.54) is 0 Å². The van der Waals surface area contributed by atoms with E-state index in [2.05, 4.69) is 18.9 Å². The van der Waals surface area contributed by atoms with Crippen LogP contribution in [0.5, 0.6) is 0 Å². The predicted molar refractivity (Wildman–Crippen MR) is 56.3 cm³/mol. The van der Waals surface area contributed by atoms with Crippen LogP contribution in [0.1, 0.15) is 13.3 Å². The van der Waals surface area contributed by atoms with Crippen molar-refractivity contribution < 1.29 is 9.47 Å². The van der Waals surface area contributed by atoms with Crippen molar-refractivity contribution in [2.24, 2.45) is 5.73 Å². The van der Waals surface area contributed by atoms with Crippen molar-refractivity contribution in [1.29, 1.82) is 0 Å². The Hall–Kier alpha value is -0.160. The zero-order chi connectivity index (χ0) is 10.6. The summed E-state index contributed by atoms with van der Waals surface area (Å²) in [7, 11) is 3.80. The molecule has 4 heteroatoms. The maximum atomic E-state index is 6.19. The monoisotopic (exact) mass is 202 g/mol. The van der Waals surface area contributed by atoms with Crippen LogP contribution in [0.15, 0.2) is 0 Å². The summed E-state index contributed by atoms with van der Waals surface area (Å²) < 4.78 is 10.4. The van der Waals surface area contributed by atoms with E-state index in [4.69, 9.17) is 15.2 Å². The number of nitrogens with zero attached hydrogens (tertiary/aromatic N) is 1. The third-order valence-electron chi connectivity index (χ3n) is 2.86. The van der Waals surface area contributed by atoms with Gasteiger partial charge in [0.25, 0.3) is 0 Å². The number of hydrogen-bond acceptors (Lipinski definition) is 4. The molecule has 0 aromatic rings. The highest BCUT2D eigenvalue weighted by Gasteiger charge is 2.32. The molecular formula is C10H22N2O2. The lowest BCUT2D eigenvalue weighted by molar-refractivity contribution is 0.0945. The Morgan fingerprint density at radius 2 is 2.36 bits per heavy atom. The highest BCUT2D eigenvalue weighted by atomic mass is 16.5. The van der Waals surface area contributed by atoms with Crippen LogP contribution >= 0.6 is 0 Å². The Morgan fingerprint density at radius 3 is 2.86 bits per heavy atom. The van der Waals surface area contributed by atoms with Gasteiger partial charge < -0.3 is 15.2 Å². The van der Waals surface area contributed by atoms with E-state index in [-0.39, 0.29) is 5.54 Å². The lowest BCUT2D eigenvalue weighted by Crippen LogP contribution is -2.52. The molecule has 1 heterocycles. The molecular weight excluding hydrogens is 180 g/mol. The highest BCUT2D eigenvalue weighted by molar-refractivity contribution is 4.91. The standard InChI is InChI=1S/C10H22N2O2/c1-9(6-13-3)12(2)7-10(11)4-5-14-8-10/h9H,4-8,11H2,1-3H3. The molecule has 84 valence electrons. The molecule has 0 aliphatic carbocycles. The second-order valence-electron chi connectivity index (χ2n) is 4.38. The van der Waals surface area contributed by atoms with Gasteiger partial charge in [-0.3, -0.25) is 4.90 Å². The van der Waals surface area contributed by atoms with Crippen LogP contribution in [0.25, 0.3) is 0 Å². The number of rotatable bonds is 5. The van der Waals surface area contributed by atoms with Crippen LogP contribution in [-0.4, -0.2) is 57.0 Å². The fourth-order valence-corrected chi connectivity index (χ4v) is 1.77. The van der Waals surface area contributed by atoms with Gasteiger partial charge in [-0.15, -0.1) is 0 Å². The van der Waals surface area contributed by atoms with E-state index in [0.717, 1.165) is 26.2 Å². The summed E-state index contributed by atoms with van der Waals surface area (Å²) in [4.78, 5) is 2.23. The molecule has 1 aliphatic heterocycles. The van der Waals surface area contributed by atoms with E-state index < -0.39 is 0 Å². The Bertz CT molecular complexity index is 170. The lowest BCUT2D eigenvalue weighted by Gasteiger charge is -2.32. The van der Waals surface area contributed by atoms with E-state index in [9.17, 15) is 0 Å². The molecule has 0 amide bonds. The summed E-state index contributed by atoms with van der Waals surface area (Å²) in [5.41, 5.74) is 6.03. The van der Waals surface area contributed by atoms with Crippen molar-refractivity contribution in [3.8, 4) is 0 Å². The van der Waals surface area contributed by atoms with E-state index >= 15 is 0 Å². The van der Waals surface area contributed by atoms with E-state index in [1.807, 2.05) is 0 Å². The lowest BCUT2D eigenvalue weighted by atomic mass is 9.99. The average Bonchev–Trinajstić information content (AvgIpc) is 2.52. The fraction of sp³-hybridized carbons (Fsp3) is 1.00. The molecule has 0 spiro atoms. The zero-order valence-electron chi connectivity index (χ0n) is 9.45. The van der Waals surface area contributed by atoms with Gasteiger partial charge in [0.05, 0.1) is 18.8 Å². The van der Waals surface area contributed by atoms with Crippen molar-refractivity contribution in [3.63, 3.8) is 0 Å². The van der Waals surface area contributed by atoms with Crippen LogP contribution in [-0.2, 0) is 9.47 Å². The quantitative estimate of drug-likeness (QED) is 0.685. The molecule has 1 aliphatic rings. The van der Waals surface area contributed by atoms with Gasteiger partial charge in [-0.25, -0.2) is 0 Å². The summed E-state index contributed by atoms with van der Waals surface area (Å²) >= 11 is 0. The Morgan fingerprint density at radius 1 is 1.64 bits per heavy atom. The van der Waals surface area contributed by atoms with Crippen molar-refractivity contribution in [1.82, 2.24) is 4.90 Å². The van der Waals surface area contributed by atoms with Gasteiger partial charge >= 0.3 is 0 Å². The molecule has 14 heavy (non-hydrogen) atoms. The van der Waals surface area contributed by atoms with Gasteiger partial charge in [0.2, 0.25) is 0 Å². The minimum absolute atomic E-state index is 0.156. The van der Waals surface area contributed by atoms with Crippen molar-refractivity contribution in [2.45, 2.75) is 24.9 Å². The highest BCUT2D eigenvalue weighted by Crippen LogP contribution is 2.17. The molecule has 0 saturated carbocycles. The number of likely N-dealkylation sites (N-methyl/N-ethyl adjacent to an activating group) is 1. The van der Waals surface area contributed by atoms with Crippen molar-refractivity contribution in [3.05, 3.63) is 0 Å². The molecule has 0 radical (unpaired) electrons. The first-order valence-electron chi connectivity index (χ1n) is 5.13. The fourth-order valence-electron chi connectivity index (χ4n) is 1.77. The molecule has 1 fully saturated rings. The Kier molecular flexibility index (Phi) is 4.31. The van der Waals surface area contributed by atoms with E-state index in [0.29, 0.717) is 12.6 Å². The number of nitrogens with two attached hydrogens (primary N) is 1. The molecule has 0 bridgehead atoms. The second kappa shape index (κ2) is 5.07. The predicted octanol–water partition coefficient (Wildman–Crippen LogP) is 0.0709. The van der Waals surface area contributed by atoms with Gasteiger partial charge in [0.15, 0.2) is 0 Å². The summed E-state index contributed by atoms with van der Waals surface area (Å²) in [6.07, 6.45) is 0.955. The molecule has 0 aromatic carbocycles. The van der Waals surface area contributed by atoms with E-state index in [1.54, 1.807) is 7.11 Å². The number of hydrogen-bond donors (Lipinski definition) is 1. The number of methoxy groups -OCH3 is 1. The van der Waals surface area contributed by atoms with Gasteiger partial charge in [0, 0.05) is 26.3 Å². The molecule has 2 N–H and O–H groups in total. The van der Waals surface area contributed by atoms with Crippen molar-refractivity contribution >= 4 is 0 Å². The summed E-state index contributed by atoms with van der Waals surface area (Å²) in [5.74, 6) is 0. The first-order chi connectivity index (χ1) is 6.57. The maximum absolute atomic E-state index is 6.19. The van der Waals surface area contributed by atoms with Gasteiger partial charge in [0.1, 0.15) is 0 Å². The zero-order valence-corrected chi connectivity index (χ0v) is 9.45. The van der Waals surface area contributed by atoms with Crippen LogP contribution < -0.4 is 5.73 Å². The normalized spacial score (nSPS) is 29.8. The van der Waals surface area contributed by atoms with Gasteiger partial charge in [-0.2, -0.15) is 0 Å². The molecule has 2 unspecified atom stereocenters. The summed E-state index contributed by atoms with van der Waals surface area (Å²) in [6.45, 7) is 5.23. The second-order valence-corrected chi connectivity index (χ2v) is 4.38. The van der Waals surface area contributed by atoms with Gasteiger partial charge in [-0.05, 0) is 20.4 Å². The van der Waals surface area contributed by atoms with Crippen LogP contribution in [0.3, 0.4) is 0 Å². The molecule has 0 aromatic heterocycles. The average molecular weight is 202 g/mol. The van der Waals surface area contributed by atoms with Gasteiger partial charge in [-0.1, -0.05) is 0 Å².